The van der Waals surface area contributed by atoms with Gasteiger partial charge in [-0.15, -0.1) is 0 Å². The van der Waals surface area contributed by atoms with E-state index in [1.54, 1.807) is 12.4 Å². The van der Waals surface area contributed by atoms with Crippen LogP contribution in [0.15, 0.2) is 67.3 Å². The van der Waals surface area contributed by atoms with Crippen molar-refractivity contribution in [3.05, 3.63) is 72.8 Å². The van der Waals surface area contributed by atoms with Crippen LogP contribution in [0, 0.1) is 0 Å². The molecule has 0 fully saturated rings. The Morgan fingerprint density at radius 3 is 2.74 bits per heavy atom. The van der Waals surface area contributed by atoms with Gasteiger partial charge in [0, 0.05) is 31.3 Å². The summed E-state index contributed by atoms with van der Waals surface area (Å²) in [5, 5.41) is 7.68. The van der Waals surface area contributed by atoms with E-state index in [2.05, 4.69) is 21.5 Å². The van der Waals surface area contributed by atoms with Crippen LogP contribution in [0.3, 0.4) is 0 Å². The number of hydrogen-bond acceptors (Lipinski definition) is 3. The van der Waals surface area contributed by atoms with E-state index in [9.17, 15) is 0 Å². The number of para-hydroxylation sites is 2. The predicted molar refractivity (Wildman–Crippen MR) is 75.1 cm³/mol. The summed E-state index contributed by atoms with van der Waals surface area (Å²) in [6.45, 7) is 0.742. The number of nitrogens with one attached hydrogen (secondary N) is 1. The Balaban J connectivity index is 1.82. The Morgan fingerprint density at radius 2 is 1.95 bits per heavy atom. The van der Waals surface area contributed by atoms with Crippen molar-refractivity contribution in [3.63, 3.8) is 0 Å². The lowest BCUT2D eigenvalue weighted by Crippen LogP contribution is -2.04. The van der Waals surface area contributed by atoms with E-state index in [-0.39, 0.29) is 0 Å². The van der Waals surface area contributed by atoms with Crippen LogP contribution in [0.2, 0.25) is 0 Å². The van der Waals surface area contributed by atoms with Crippen LogP contribution in [0.4, 0.5) is 5.69 Å². The highest BCUT2D eigenvalue weighted by Gasteiger charge is 2.03. The summed E-state index contributed by atoms with van der Waals surface area (Å²) < 4.78 is 1.85. The molecule has 4 heteroatoms. The second-order valence-electron chi connectivity index (χ2n) is 4.18. The first-order valence-electron chi connectivity index (χ1n) is 6.15. The summed E-state index contributed by atoms with van der Waals surface area (Å²) in [7, 11) is 0. The van der Waals surface area contributed by atoms with E-state index < -0.39 is 0 Å². The van der Waals surface area contributed by atoms with E-state index in [0.29, 0.717) is 0 Å². The maximum atomic E-state index is 4.27. The highest BCUT2D eigenvalue weighted by Crippen LogP contribution is 2.19. The minimum Gasteiger partial charge on any atom is -0.379 e. The van der Waals surface area contributed by atoms with Crippen LogP contribution in [-0.2, 0) is 6.54 Å². The van der Waals surface area contributed by atoms with Crippen LogP contribution in [0.5, 0.6) is 0 Å². The Labute approximate surface area is 111 Å². The third-order valence-corrected chi connectivity index (χ3v) is 2.86. The molecule has 0 spiro atoms. The summed E-state index contributed by atoms with van der Waals surface area (Å²) >= 11 is 0. The molecule has 3 rings (SSSR count). The van der Waals surface area contributed by atoms with Gasteiger partial charge in [0.1, 0.15) is 0 Å². The molecule has 0 radical (unpaired) electrons. The fourth-order valence-electron chi connectivity index (χ4n) is 1.93. The minimum atomic E-state index is 0.742. The Morgan fingerprint density at radius 1 is 1.00 bits per heavy atom. The third kappa shape index (κ3) is 2.63. The lowest BCUT2D eigenvalue weighted by molar-refractivity contribution is 0.879. The van der Waals surface area contributed by atoms with Crippen molar-refractivity contribution in [1.82, 2.24) is 14.8 Å². The van der Waals surface area contributed by atoms with Crippen LogP contribution in [0.25, 0.3) is 5.69 Å². The maximum Gasteiger partial charge on any atom is 0.0876 e. The zero-order valence-electron chi connectivity index (χ0n) is 10.4. The molecule has 0 amide bonds. The van der Waals surface area contributed by atoms with Crippen molar-refractivity contribution in [3.8, 4) is 5.69 Å². The van der Waals surface area contributed by atoms with Crippen LogP contribution in [0.1, 0.15) is 5.56 Å². The first-order chi connectivity index (χ1) is 9.43. The molecule has 2 heterocycles. The zero-order chi connectivity index (χ0) is 12.9. The van der Waals surface area contributed by atoms with Gasteiger partial charge in [0.15, 0.2) is 0 Å². The number of benzene rings is 1. The second kappa shape index (κ2) is 5.35. The van der Waals surface area contributed by atoms with E-state index in [0.717, 1.165) is 23.5 Å². The highest BCUT2D eigenvalue weighted by molar-refractivity contribution is 5.60. The molecule has 0 aliphatic heterocycles. The average Bonchev–Trinajstić information content (AvgIpc) is 3.01. The fraction of sp³-hybridized carbons (Fsp3) is 0.0667. The fourth-order valence-corrected chi connectivity index (χ4v) is 1.93. The first kappa shape index (κ1) is 11.5. The smallest absolute Gasteiger partial charge is 0.0876 e. The van der Waals surface area contributed by atoms with E-state index in [1.807, 2.05) is 53.5 Å². The number of pyridine rings is 1. The molecule has 1 N–H and O–H groups in total. The molecule has 94 valence electrons. The molecule has 0 bridgehead atoms. The molecule has 0 saturated carbocycles. The highest BCUT2D eigenvalue weighted by atomic mass is 15.3. The van der Waals surface area contributed by atoms with Gasteiger partial charge >= 0.3 is 0 Å². The van der Waals surface area contributed by atoms with Crippen LogP contribution < -0.4 is 5.32 Å². The van der Waals surface area contributed by atoms with Gasteiger partial charge in [0.2, 0.25) is 0 Å². The standard InChI is InChI=1S/C15H14N4/c1-2-7-15(19-10-4-9-18-19)14(6-1)17-12-13-5-3-8-16-11-13/h1-11,17H,12H2. The lowest BCUT2D eigenvalue weighted by atomic mass is 10.2. The Kier molecular flexibility index (Phi) is 3.23. The molecule has 0 atom stereocenters. The van der Waals surface area contributed by atoms with Gasteiger partial charge in [-0.2, -0.15) is 5.10 Å². The molecule has 0 aliphatic rings. The predicted octanol–water partition coefficient (Wildman–Crippen LogP) is 2.88. The Hall–Kier alpha value is -2.62. The number of anilines is 1. The van der Waals surface area contributed by atoms with Crippen LogP contribution in [-0.4, -0.2) is 14.8 Å². The summed E-state index contributed by atoms with van der Waals surface area (Å²) in [6.07, 6.45) is 7.35. The Bertz CT molecular complexity index is 632. The molecule has 3 aromatic rings. The van der Waals surface area contributed by atoms with Gasteiger partial charge in [0.05, 0.1) is 11.4 Å². The summed E-state index contributed by atoms with van der Waals surface area (Å²) in [5.41, 5.74) is 3.24. The van der Waals surface area contributed by atoms with E-state index >= 15 is 0 Å². The average molecular weight is 250 g/mol. The molecular formula is C15H14N4. The maximum absolute atomic E-state index is 4.27. The monoisotopic (exact) mass is 250 g/mol. The molecular weight excluding hydrogens is 236 g/mol. The van der Waals surface area contributed by atoms with Crippen molar-refractivity contribution in [1.29, 1.82) is 0 Å². The summed E-state index contributed by atoms with van der Waals surface area (Å²) in [5.74, 6) is 0. The molecule has 0 saturated heterocycles. The normalized spacial score (nSPS) is 10.3. The van der Waals surface area contributed by atoms with Gasteiger partial charge in [-0.3, -0.25) is 4.98 Å². The molecule has 1 aromatic carbocycles. The topological polar surface area (TPSA) is 42.7 Å². The number of nitrogens with zero attached hydrogens (tertiary/aromatic N) is 3. The largest absolute Gasteiger partial charge is 0.379 e. The van der Waals surface area contributed by atoms with Crippen molar-refractivity contribution in [2.75, 3.05) is 5.32 Å². The van der Waals surface area contributed by atoms with Gasteiger partial charge < -0.3 is 5.32 Å². The van der Waals surface area contributed by atoms with Crippen molar-refractivity contribution < 1.29 is 0 Å². The van der Waals surface area contributed by atoms with Gasteiger partial charge in [-0.1, -0.05) is 18.2 Å². The zero-order valence-corrected chi connectivity index (χ0v) is 10.4. The quantitative estimate of drug-likeness (QED) is 0.774. The number of hydrogen-bond donors (Lipinski definition) is 1. The molecule has 2 aromatic heterocycles. The third-order valence-electron chi connectivity index (χ3n) is 2.86. The summed E-state index contributed by atoms with van der Waals surface area (Å²) in [6, 6.07) is 14.0. The van der Waals surface area contributed by atoms with E-state index in [1.165, 1.54) is 0 Å². The minimum absolute atomic E-state index is 0.742. The molecule has 0 aliphatic carbocycles. The van der Waals surface area contributed by atoms with Crippen molar-refractivity contribution in [2.45, 2.75) is 6.54 Å². The van der Waals surface area contributed by atoms with Crippen LogP contribution >= 0.6 is 0 Å². The van der Waals surface area contributed by atoms with Gasteiger partial charge in [-0.05, 0) is 29.8 Å². The molecule has 19 heavy (non-hydrogen) atoms. The first-order valence-corrected chi connectivity index (χ1v) is 6.15. The van der Waals surface area contributed by atoms with Crippen molar-refractivity contribution in [2.24, 2.45) is 0 Å². The number of aromatic nitrogens is 3. The molecule has 4 nitrogen and oxygen atoms in total. The SMILES string of the molecule is c1cncc(CNc2ccccc2-n2cccn2)c1. The van der Waals surface area contributed by atoms with Gasteiger partial charge in [-0.25, -0.2) is 4.68 Å². The molecule has 0 unspecified atom stereocenters. The summed E-state index contributed by atoms with van der Waals surface area (Å²) in [4.78, 5) is 4.11. The van der Waals surface area contributed by atoms with Crippen molar-refractivity contribution >= 4 is 5.69 Å². The van der Waals surface area contributed by atoms with E-state index in [4.69, 9.17) is 0 Å². The lowest BCUT2D eigenvalue weighted by Gasteiger charge is -2.11. The number of rotatable bonds is 4. The second-order valence-corrected chi connectivity index (χ2v) is 4.18. The van der Waals surface area contributed by atoms with Gasteiger partial charge in [0.25, 0.3) is 0 Å².